The first-order chi connectivity index (χ1) is 17.0. The number of benzene rings is 3. The van der Waals surface area contributed by atoms with Gasteiger partial charge in [-0.3, -0.25) is 4.79 Å². The van der Waals surface area contributed by atoms with Gasteiger partial charge in [-0.1, -0.05) is 48.5 Å². The Hall–Kier alpha value is -3.40. The number of amides is 1. The number of anilines is 1. The highest BCUT2D eigenvalue weighted by Crippen LogP contribution is 2.33. The third kappa shape index (κ3) is 8.59. The van der Waals surface area contributed by atoms with E-state index in [1.807, 2.05) is 0 Å². The minimum absolute atomic E-state index is 0. The molecule has 1 N–H and O–H groups in total. The van der Waals surface area contributed by atoms with E-state index in [9.17, 15) is 31.1 Å². The highest BCUT2D eigenvalue weighted by Gasteiger charge is 2.32. The van der Waals surface area contributed by atoms with Gasteiger partial charge in [-0.2, -0.15) is 13.2 Å². The lowest BCUT2D eigenvalue weighted by Crippen LogP contribution is -2.40. The second-order valence-corrected chi connectivity index (χ2v) is 7.96. The van der Waals surface area contributed by atoms with Gasteiger partial charge in [0.1, 0.15) is 11.8 Å². The van der Waals surface area contributed by atoms with Crippen LogP contribution < -0.4 is 15.0 Å². The maximum Gasteiger partial charge on any atom is 0.573 e. The lowest BCUT2D eigenvalue weighted by Gasteiger charge is -2.33. The van der Waals surface area contributed by atoms with Crippen molar-refractivity contribution in [3.63, 3.8) is 0 Å². The van der Waals surface area contributed by atoms with Gasteiger partial charge in [0, 0.05) is 25.3 Å². The molecule has 0 bridgehead atoms. The molecule has 0 aliphatic carbocycles. The molecule has 3 rings (SSSR count). The molecule has 0 spiro atoms. The van der Waals surface area contributed by atoms with Crippen molar-refractivity contribution in [3.05, 3.63) is 95.6 Å². The molecule has 3 aromatic rings. The fraction of sp³-hybridized carbons (Fsp3) is 0.269. The number of halogens is 7. The van der Waals surface area contributed by atoms with Crippen molar-refractivity contribution in [1.82, 2.24) is 5.32 Å². The van der Waals surface area contributed by atoms with E-state index in [0.29, 0.717) is 29.7 Å². The van der Waals surface area contributed by atoms with Crippen molar-refractivity contribution in [3.8, 4) is 5.75 Å². The molecule has 0 unspecified atom stereocenters. The molecule has 200 valence electrons. The molecule has 0 heterocycles. The number of hydrogen-bond donors (Lipinski definition) is 1. The van der Waals surface area contributed by atoms with Crippen LogP contribution in [0, 0.1) is 0 Å². The molecule has 1 atom stereocenters. The summed E-state index contributed by atoms with van der Waals surface area (Å²) < 4.78 is 81.0. The number of rotatable bonds is 9. The van der Waals surface area contributed by atoms with Gasteiger partial charge in [0.2, 0.25) is 5.91 Å². The molecule has 0 saturated carbocycles. The number of ether oxygens (including phenoxy) is 1. The van der Waals surface area contributed by atoms with Crippen molar-refractivity contribution < 1.29 is 35.9 Å². The molecule has 0 aliphatic rings. The molecule has 1 amide bonds. The zero-order valence-corrected chi connectivity index (χ0v) is 20.5. The minimum atomic E-state index is -4.88. The molecule has 0 fully saturated rings. The van der Waals surface area contributed by atoms with Crippen LogP contribution >= 0.6 is 12.4 Å². The van der Waals surface area contributed by atoms with E-state index in [1.54, 1.807) is 41.3 Å². The van der Waals surface area contributed by atoms with Gasteiger partial charge in [-0.15, -0.1) is 25.6 Å². The molecular weight excluding hydrogens is 522 g/mol. The Morgan fingerprint density at radius 1 is 0.919 bits per heavy atom. The number of alkyl halides is 6. The fourth-order valence-corrected chi connectivity index (χ4v) is 3.83. The summed E-state index contributed by atoms with van der Waals surface area (Å²) in [6.45, 7) is 0.226. The van der Waals surface area contributed by atoms with Crippen LogP contribution in [0.4, 0.5) is 32.0 Å². The monoisotopic (exact) mass is 546 g/mol. The summed E-state index contributed by atoms with van der Waals surface area (Å²) in [6.07, 6.45) is -8.51. The largest absolute Gasteiger partial charge is 0.573 e. The number of nitrogens with one attached hydrogen (secondary N) is 1. The molecule has 3 aromatic carbocycles. The van der Waals surface area contributed by atoms with Crippen LogP contribution in [0.5, 0.6) is 5.75 Å². The molecule has 11 heteroatoms. The molecule has 0 radical (unpaired) electrons. The second-order valence-electron chi connectivity index (χ2n) is 7.96. The number of hydrogen-bond acceptors (Lipinski definition) is 3. The summed E-state index contributed by atoms with van der Waals surface area (Å²) in [5.41, 5.74) is 0.849. The number of likely N-dealkylation sites (N-methyl/N-ethyl adjacent to an activating group) is 1. The number of carbonyl (C=O) groups excluding carboxylic acids is 1. The Kier molecular flexibility index (Phi) is 10.2. The lowest BCUT2D eigenvalue weighted by atomic mass is 10.0. The van der Waals surface area contributed by atoms with Crippen LogP contribution in [0.1, 0.15) is 29.2 Å². The van der Waals surface area contributed by atoms with Gasteiger partial charge in [-0.25, -0.2) is 0 Å². The Balaban J connectivity index is 0.00000481. The van der Waals surface area contributed by atoms with E-state index in [1.165, 1.54) is 31.3 Å². The van der Waals surface area contributed by atoms with Crippen molar-refractivity contribution >= 4 is 24.0 Å². The first kappa shape index (κ1) is 29.8. The van der Waals surface area contributed by atoms with Crippen LogP contribution in [0.2, 0.25) is 0 Å². The van der Waals surface area contributed by atoms with E-state index in [0.717, 1.165) is 18.2 Å². The molecule has 4 nitrogen and oxygen atoms in total. The topological polar surface area (TPSA) is 41.6 Å². The predicted molar refractivity (Wildman–Crippen MR) is 131 cm³/mol. The quantitative estimate of drug-likeness (QED) is 0.295. The van der Waals surface area contributed by atoms with Gasteiger partial charge in [0.25, 0.3) is 0 Å². The third-order valence-corrected chi connectivity index (χ3v) is 5.45. The summed E-state index contributed by atoms with van der Waals surface area (Å²) >= 11 is 0. The van der Waals surface area contributed by atoms with Crippen LogP contribution in [0.15, 0.2) is 78.9 Å². The molecule has 0 aromatic heterocycles. The summed E-state index contributed by atoms with van der Waals surface area (Å²) in [5, 5.41) is 2.60. The maximum atomic E-state index is 12.9. The van der Waals surface area contributed by atoms with Crippen molar-refractivity contribution in [1.29, 1.82) is 0 Å². The lowest BCUT2D eigenvalue weighted by molar-refractivity contribution is -0.274. The Bertz CT molecular complexity index is 1140. The SMILES string of the molecule is CNC(=O)[C@@H](c1ccccc1)N(CCCc1ccc(C(F)(F)F)cc1)c1cccc(OC(F)(F)F)c1.Cl. The number of nitrogens with zero attached hydrogens (tertiary/aromatic N) is 1. The van der Waals surface area contributed by atoms with Crippen LogP contribution in [-0.4, -0.2) is 25.9 Å². The first-order valence-electron chi connectivity index (χ1n) is 11.0. The Morgan fingerprint density at radius 2 is 1.57 bits per heavy atom. The van der Waals surface area contributed by atoms with Crippen LogP contribution in [0.25, 0.3) is 0 Å². The van der Waals surface area contributed by atoms with Gasteiger partial charge in [0.15, 0.2) is 0 Å². The highest BCUT2D eigenvalue weighted by molar-refractivity contribution is 5.86. The first-order valence-corrected chi connectivity index (χ1v) is 11.0. The predicted octanol–water partition coefficient (Wildman–Crippen LogP) is 6.95. The molecule has 0 saturated heterocycles. The van der Waals surface area contributed by atoms with Crippen LogP contribution in [-0.2, 0) is 17.4 Å². The smallest absolute Gasteiger partial charge is 0.406 e. The van der Waals surface area contributed by atoms with Gasteiger partial charge >= 0.3 is 12.5 Å². The van der Waals surface area contributed by atoms with Crippen molar-refractivity contribution in [2.75, 3.05) is 18.5 Å². The zero-order chi connectivity index (χ0) is 26.3. The van der Waals surface area contributed by atoms with Crippen molar-refractivity contribution in [2.24, 2.45) is 0 Å². The van der Waals surface area contributed by atoms with E-state index >= 15 is 0 Å². The van der Waals surface area contributed by atoms with E-state index in [4.69, 9.17) is 0 Å². The van der Waals surface area contributed by atoms with E-state index < -0.39 is 29.9 Å². The average molecular weight is 547 g/mol. The van der Waals surface area contributed by atoms with Crippen molar-refractivity contribution in [2.45, 2.75) is 31.4 Å². The molecule has 0 aliphatic heterocycles. The average Bonchev–Trinajstić information content (AvgIpc) is 2.82. The Morgan fingerprint density at radius 3 is 2.14 bits per heavy atom. The number of carbonyl (C=O) groups is 1. The summed E-state index contributed by atoms with van der Waals surface area (Å²) in [4.78, 5) is 14.6. The second kappa shape index (κ2) is 12.7. The van der Waals surface area contributed by atoms with Gasteiger partial charge in [0.05, 0.1) is 5.56 Å². The number of aryl methyl sites for hydroxylation is 1. The molecule has 37 heavy (non-hydrogen) atoms. The summed E-state index contributed by atoms with van der Waals surface area (Å²) in [6, 6.07) is 18.0. The summed E-state index contributed by atoms with van der Waals surface area (Å²) in [5.74, 6) is -0.811. The normalized spacial score (nSPS) is 12.3. The Labute approximate surface area is 216 Å². The highest BCUT2D eigenvalue weighted by atomic mass is 35.5. The minimum Gasteiger partial charge on any atom is -0.406 e. The van der Waals surface area contributed by atoms with Gasteiger partial charge in [-0.05, 0) is 48.2 Å². The van der Waals surface area contributed by atoms with E-state index in [-0.39, 0.29) is 24.9 Å². The molecular formula is C26H25ClF6N2O2. The standard InChI is InChI=1S/C26H24F6N2O2.ClH/c1-33-24(35)23(19-8-3-2-4-9-19)34(21-10-5-11-22(17-21)36-26(30,31)32)16-6-7-18-12-14-20(15-13-18)25(27,28)29;/h2-5,8-15,17,23H,6-7,16H2,1H3,(H,33,35);1H/t23-;/m1./s1. The van der Waals surface area contributed by atoms with E-state index in [2.05, 4.69) is 10.1 Å². The maximum absolute atomic E-state index is 12.9. The van der Waals surface area contributed by atoms with Crippen LogP contribution in [0.3, 0.4) is 0 Å². The zero-order valence-electron chi connectivity index (χ0n) is 19.6. The fourth-order valence-electron chi connectivity index (χ4n) is 3.83. The summed E-state index contributed by atoms with van der Waals surface area (Å²) in [7, 11) is 1.46. The third-order valence-electron chi connectivity index (χ3n) is 5.45. The van der Waals surface area contributed by atoms with Gasteiger partial charge < -0.3 is 15.0 Å².